The number of rotatable bonds is 2. The molecule has 4 nitrogen and oxygen atoms in total. The molecule has 0 N–H and O–H groups in total. The standard InChI is InChI=1S/C12H10O4S/c1-8-7-11(17(14,15)16-2)9-5-3-4-6-10(9)12(8)13/h3-7H,1H2,2H3. The van der Waals surface area contributed by atoms with E-state index >= 15 is 0 Å². The third kappa shape index (κ3) is 1.83. The van der Waals surface area contributed by atoms with Crippen LogP contribution in [0.25, 0.3) is 4.91 Å². The minimum atomic E-state index is -3.84. The molecule has 0 saturated heterocycles. The molecular formula is C12H10O4S. The molecule has 0 aromatic heterocycles. The Bertz CT molecular complexity index is 638. The molecule has 0 radical (unpaired) electrons. The van der Waals surface area contributed by atoms with Crippen LogP contribution in [0.3, 0.4) is 0 Å². The van der Waals surface area contributed by atoms with E-state index in [0.717, 1.165) is 7.11 Å². The van der Waals surface area contributed by atoms with Crippen molar-refractivity contribution >= 4 is 20.8 Å². The molecule has 0 bridgehead atoms. The molecule has 0 fully saturated rings. The fourth-order valence-corrected chi connectivity index (χ4v) is 2.58. The summed E-state index contributed by atoms with van der Waals surface area (Å²) in [7, 11) is -2.76. The molecule has 5 heteroatoms. The molecule has 2 rings (SSSR count). The van der Waals surface area contributed by atoms with Gasteiger partial charge < -0.3 is 0 Å². The van der Waals surface area contributed by atoms with Crippen molar-refractivity contribution in [3.63, 3.8) is 0 Å². The van der Waals surface area contributed by atoms with Gasteiger partial charge in [0.2, 0.25) is 0 Å². The summed E-state index contributed by atoms with van der Waals surface area (Å²) in [5.74, 6) is -0.268. The van der Waals surface area contributed by atoms with Gasteiger partial charge in [-0.3, -0.25) is 8.98 Å². The summed E-state index contributed by atoms with van der Waals surface area (Å²) >= 11 is 0. The summed E-state index contributed by atoms with van der Waals surface area (Å²) in [6.45, 7) is 3.55. The molecule has 1 aromatic rings. The van der Waals surface area contributed by atoms with Crippen molar-refractivity contribution in [2.75, 3.05) is 7.11 Å². The average molecular weight is 250 g/mol. The first-order valence-corrected chi connectivity index (χ1v) is 6.23. The van der Waals surface area contributed by atoms with Crippen LogP contribution < -0.4 is 0 Å². The zero-order chi connectivity index (χ0) is 12.6. The van der Waals surface area contributed by atoms with Crippen LogP contribution in [0.2, 0.25) is 0 Å². The molecule has 1 aromatic carbocycles. The second-order valence-corrected chi connectivity index (χ2v) is 5.21. The molecule has 0 atom stereocenters. The van der Waals surface area contributed by atoms with Gasteiger partial charge in [0.15, 0.2) is 5.78 Å². The quantitative estimate of drug-likeness (QED) is 0.592. The molecule has 0 unspecified atom stereocenters. The first-order chi connectivity index (χ1) is 7.97. The predicted molar refractivity (Wildman–Crippen MR) is 63.8 cm³/mol. The zero-order valence-electron chi connectivity index (χ0n) is 9.14. The van der Waals surface area contributed by atoms with Gasteiger partial charge in [-0.1, -0.05) is 30.8 Å². The third-order valence-electron chi connectivity index (χ3n) is 2.52. The van der Waals surface area contributed by atoms with Gasteiger partial charge in [-0.25, -0.2) is 0 Å². The highest BCUT2D eigenvalue weighted by atomic mass is 32.2. The Labute approximate surface area is 99.3 Å². The Morgan fingerprint density at radius 3 is 2.35 bits per heavy atom. The number of Topliss-reactive ketones (excluding diaryl/α,β-unsaturated/α-hetero) is 1. The van der Waals surface area contributed by atoms with Gasteiger partial charge in [-0.05, 0) is 6.08 Å². The lowest BCUT2D eigenvalue weighted by Gasteiger charge is -2.16. The number of fused-ring (bicyclic) bond motifs is 1. The maximum atomic E-state index is 11.8. The monoisotopic (exact) mass is 250 g/mol. The zero-order valence-corrected chi connectivity index (χ0v) is 9.95. The van der Waals surface area contributed by atoms with E-state index in [1.54, 1.807) is 24.3 Å². The molecule has 1 aliphatic rings. The molecule has 0 amide bonds. The lowest BCUT2D eigenvalue weighted by atomic mass is 9.93. The lowest BCUT2D eigenvalue weighted by molar-refractivity contribution is 0.103. The number of benzene rings is 1. The van der Waals surface area contributed by atoms with E-state index in [0.29, 0.717) is 11.1 Å². The van der Waals surface area contributed by atoms with Crippen LogP contribution in [0.4, 0.5) is 0 Å². The van der Waals surface area contributed by atoms with E-state index < -0.39 is 10.1 Å². The van der Waals surface area contributed by atoms with Gasteiger partial charge in [0.05, 0.1) is 7.11 Å². The number of allylic oxidation sites excluding steroid dienone is 2. The number of carbonyl (C=O) groups is 1. The van der Waals surface area contributed by atoms with Crippen LogP contribution >= 0.6 is 0 Å². The van der Waals surface area contributed by atoms with E-state index in [1.807, 2.05) is 0 Å². The molecule has 17 heavy (non-hydrogen) atoms. The second kappa shape index (κ2) is 3.94. The highest BCUT2D eigenvalue weighted by molar-refractivity contribution is 7.96. The molecule has 0 heterocycles. The summed E-state index contributed by atoms with van der Waals surface area (Å²) in [5.41, 5.74) is 0.821. The van der Waals surface area contributed by atoms with E-state index in [9.17, 15) is 13.2 Å². The van der Waals surface area contributed by atoms with Gasteiger partial charge in [0, 0.05) is 16.7 Å². The Kier molecular flexibility index (Phi) is 2.73. The van der Waals surface area contributed by atoms with E-state index in [1.165, 1.54) is 6.08 Å². The Morgan fingerprint density at radius 1 is 1.18 bits per heavy atom. The number of hydrogen-bond donors (Lipinski definition) is 0. The van der Waals surface area contributed by atoms with Gasteiger partial charge in [0.1, 0.15) is 4.91 Å². The van der Waals surface area contributed by atoms with Crippen molar-refractivity contribution in [1.29, 1.82) is 0 Å². The van der Waals surface area contributed by atoms with Gasteiger partial charge in [-0.2, -0.15) is 8.42 Å². The first-order valence-electron chi connectivity index (χ1n) is 4.82. The number of hydrogen-bond acceptors (Lipinski definition) is 4. The minimum absolute atomic E-state index is 0.0276. The van der Waals surface area contributed by atoms with Crippen LogP contribution in [-0.2, 0) is 14.3 Å². The summed E-state index contributed by atoms with van der Waals surface area (Å²) < 4.78 is 27.9. The normalized spacial score (nSPS) is 15.5. The topological polar surface area (TPSA) is 60.4 Å². The Morgan fingerprint density at radius 2 is 1.76 bits per heavy atom. The molecule has 0 spiro atoms. The second-order valence-electron chi connectivity index (χ2n) is 3.53. The van der Waals surface area contributed by atoms with Gasteiger partial charge in [0.25, 0.3) is 10.1 Å². The Hall–Kier alpha value is -1.72. The van der Waals surface area contributed by atoms with Crippen molar-refractivity contribution in [3.8, 4) is 0 Å². The van der Waals surface area contributed by atoms with Crippen molar-refractivity contribution in [1.82, 2.24) is 0 Å². The summed E-state index contributed by atoms with van der Waals surface area (Å²) in [6, 6.07) is 6.48. The third-order valence-corrected chi connectivity index (χ3v) is 3.84. The number of ketones is 1. The van der Waals surface area contributed by atoms with Crippen molar-refractivity contribution < 1.29 is 17.4 Å². The van der Waals surface area contributed by atoms with Crippen LogP contribution in [0.5, 0.6) is 0 Å². The smallest absolute Gasteiger partial charge is 0.289 e. The van der Waals surface area contributed by atoms with Crippen molar-refractivity contribution in [2.24, 2.45) is 0 Å². The van der Waals surface area contributed by atoms with Crippen LogP contribution in [0.15, 0.2) is 42.5 Å². The fraction of sp³-hybridized carbons (Fsp3) is 0.0833. The minimum Gasteiger partial charge on any atom is -0.289 e. The van der Waals surface area contributed by atoms with E-state index in [-0.39, 0.29) is 16.3 Å². The number of carbonyl (C=O) groups excluding carboxylic acids is 1. The fourth-order valence-electron chi connectivity index (χ4n) is 1.67. The van der Waals surface area contributed by atoms with Crippen LogP contribution in [0.1, 0.15) is 15.9 Å². The molecule has 0 aliphatic heterocycles. The SMILES string of the molecule is C=C1C=C(S(=O)(=O)OC)c2ccccc2C1=O. The predicted octanol–water partition coefficient (Wildman–Crippen LogP) is 1.76. The van der Waals surface area contributed by atoms with Gasteiger partial charge in [-0.15, -0.1) is 0 Å². The van der Waals surface area contributed by atoms with Crippen molar-refractivity contribution in [2.45, 2.75) is 0 Å². The van der Waals surface area contributed by atoms with Crippen LogP contribution in [-0.4, -0.2) is 21.3 Å². The summed E-state index contributed by atoms with van der Waals surface area (Å²) in [6.07, 6.45) is 1.24. The molecule has 1 aliphatic carbocycles. The van der Waals surface area contributed by atoms with Crippen LogP contribution in [0, 0.1) is 0 Å². The van der Waals surface area contributed by atoms with E-state index in [4.69, 9.17) is 0 Å². The summed E-state index contributed by atoms with van der Waals surface area (Å²) in [5, 5.41) is 0. The van der Waals surface area contributed by atoms with Gasteiger partial charge >= 0.3 is 0 Å². The summed E-state index contributed by atoms with van der Waals surface area (Å²) in [4.78, 5) is 11.8. The highest BCUT2D eigenvalue weighted by Crippen LogP contribution is 2.32. The molecular weight excluding hydrogens is 240 g/mol. The Balaban J connectivity index is 2.75. The first kappa shape index (κ1) is 11.8. The highest BCUT2D eigenvalue weighted by Gasteiger charge is 2.29. The van der Waals surface area contributed by atoms with Crippen molar-refractivity contribution in [3.05, 3.63) is 53.6 Å². The average Bonchev–Trinajstić information content (AvgIpc) is 2.33. The van der Waals surface area contributed by atoms with E-state index in [2.05, 4.69) is 10.8 Å². The maximum absolute atomic E-state index is 11.8. The maximum Gasteiger partial charge on any atom is 0.297 e. The largest absolute Gasteiger partial charge is 0.297 e. The molecule has 88 valence electrons. The molecule has 0 saturated carbocycles. The lowest BCUT2D eigenvalue weighted by Crippen LogP contribution is -2.15.